The summed E-state index contributed by atoms with van der Waals surface area (Å²) in [5.41, 5.74) is -1.91. The maximum Gasteiger partial charge on any atom is 0.430 e. The third-order valence-corrected chi connectivity index (χ3v) is 7.12. The lowest BCUT2D eigenvalue weighted by Crippen LogP contribution is -2.53. The lowest BCUT2D eigenvalue weighted by atomic mass is 9.90. The molecule has 0 bridgehead atoms. The Kier molecular flexibility index (Phi) is 7.88. The van der Waals surface area contributed by atoms with Crippen molar-refractivity contribution in [3.8, 4) is 11.1 Å². The first-order valence-electron chi connectivity index (χ1n) is 12.2. The van der Waals surface area contributed by atoms with E-state index < -0.39 is 23.5 Å². The summed E-state index contributed by atoms with van der Waals surface area (Å²) in [6, 6.07) is 13.8. The van der Waals surface area contributed by atoms with Crippen LogP contribution < -0.4 is 0 Å². The Labute approximate surface area is 217 Å². The standard InChI is InChI=1S/C28H29F6N3O/c1-19-15-22(17-36-13-14-37(20(2)16-36)18-21-9-11-35-12-10-21)3-8-25(19)23-4-6-24(7-5-23)26(38,27(29,30)31)28(32,33)34/h3-12,15,20,38H,13-14,16-18H2,1-2H3/t20-/m1/s1. The maximum atomic E-state index is 13.2. The SMILES string of the molecule is Cc1cc(CN2CCN(Cc3ccncc3)[C@H](C)C2)ccc1-c1ccc(C(O)(C(F)(F)F)C(F)(F)F)cc1. The number of nitrogens with zero attached hydrogens (tertiary/aromatic N) is 3. The molecule has 0 aliphatic carbocycles. The van der Waals surface area contributed by atoms with Gasteiger partial charge in [0, 0.05) is 56.7 Å². The quantitative estimate of drug-likeness (QED) is 0.387. The van der Waals surface area contributed by atoms with Crippen LogP contribution in [-0.2, 0) is 18.7 Å². The zero-order valence-electron chi connectivity index (χ0n) is 21.0. The Morgan fingerprint density at radius 3 is 2.03 bits per heavy atom. The van der Waals surface area contributed by atoms with E-state index in [9.17, 15) is 31.4 Å². The molecular weight excluding hydrogens is 508 g/mol. The van der Waals surface area contributed by atoms with Crippen molar-refractivity contribution in [2.24, 2.45) is 0 Å². The van der Waals surface area contributed by atoms with Gasteiger partial charge in [0.05, 0.1) is 0 Å². The summed E-state index contributed by atoms with van der Waals surface area (Å²) in [4.78, 5) is 8.86. The van der Waals surface area contributed by atoms with Crippen molar-refractivity contribution in [3.63, 3.8) is 0 Å². The summed E-state index contributed by atoms with van der Waals surface area (Å²) in [6.07, 6.45) is -8.23. The van der Waals surface area contributed by atoms with E-state index in [0.29, 0.717) is 29.3 Å². The maximum absolute atomic E-state index is 13.2. The molecule has 3 aromatic rings. The number of piperazine rings is 1. The Balaban J connectivity index is 1.43. The van der Waals surface area contributed by atoms with Crippen LogP contribution in [0.5, 0.6) is 0 Å². The zero-order chi connectivity index (χ0) is 27.7. The van der Waals surface area contributed by atoms with Gasteiger partial charge in [-0.15, -0.1) is 0 Å². The molecule has 0 unspecified atom stereocenters. The van der Waals surface area contributed by atoms with Crippen molar-refractivity contribution in [2.75, 3.05) is 19.6 Å². The summed E-state index contributed by atoms with van der Waals surface area (Å²) in [5.74, 6) is 0. The number of aryl methyl sites for hydroxylation is 1. The number of benzene rings is 2. The van der Waals surface area contributed by atoms with E-state index in [1.165, 1.54) is 17.7 Å². The second-order valence-electron chi connectivity index (χ2n) is 9.84. The third kappa shape index (κ3) is 5.72. The zero-order valence-corrected chi connectivity index (χ0v) is 21.0. The van der Waals surface area contributed by atoms with E-state index in [-0.39, 0.29) is 0 Å². The van der Waals surface area contributed by atoms with Gasteiger partial charge in [0.1, 0.15) is 0 Å². The van der Waals surface area contributed by atoms with Crippen LogP contribution >= 0.6 is 0 Å². The number of pyridine rings is 1. The summed E-state index contributed by atoms with van der Waals surface area (Å²) < 4.78 is 79.1. The summed E-state index contributed by atoms with van der Waals surface area (Å²) in [7, 11) is 0. The summed E-state index contributed by atoms with van der Waals surface area (Å²) in [5, 5.41) is 9.61. The highest BCUT2D eigenvalue weighted by atomic mass is 19.4. The molecule has 2 heterocycles. The number of halogens is 6. The largest absolute Gasteiger partial charge is 0.430 e. The molecule has 1 N–H and O–H groups in total. The highest BCUT2D eigenvalue weighted by Gasteiger charge is 2.71. The summed E-state index contributed by atoms with van der Waals surface area (Å²) in [6.45, 7) is 8.38. The fourth-order valence-corrected chi connectivity index (χ4v) is 4.96. The molecule has 0 spiro atoms. The van der Waals surface area contributed by atoms with Crippen molar-refractivity contribution in [1.82, 2.24) is 14.8 Å². The molecule has 1 aromatic heterocycles. The van der Waals surface area contributed by atoms with Crippen LogP contribution in [0, 0.1) is 6.92 Å². The number of aromatic nitrogens is 1. The van der Waals surface area contributed by atoms with Crippen LogP contribution in [-0.4, -0.2) is 57.9 Å². The van der Waals surface area contributed by atoms with Gasteiger partial charge in [0.25, 0.3) is 5.60 Å². The Morgan fingerprint density at radius 2 is 1.47 bits per heavy atom. The van der Waals surface area contributed by atoms with Crippen molar-refractivity contribution >= 4 is 0 Å². The lowest BCUT2D eigenvalue weighted by molar-refractivity contribution is -0.376. The van der Waals surface area contributed by atoms with E-state index in [2.05, 4.69) is 21.7 Å². The fourth-order valence-electron chi connectivity index (χ4n) is 4.96. The molecule has 0 saturated carbocycles. The molecule has 204 valence electrons. The molecule has 0 radical (unpaired) electrons. The lowest BCUT2D eigenvalue weighted by Gasteiger charge is -2.40. The van der Waals surface area contributed by atoms with Crippen LogP contribution in [0.1, 0.15) is 29.2 Å². The normalized spacial score (nSPS) is 18.1. The van der Waals surface area contributed by atoms with Gasteiger partial charge in [-0.25, -0.2) is 0 Å². The van der Waals surface area contributed by atoms with Gasteiger partial charge in [0.15, 0.2) is 0 Å². The number of hydrogen-bond donors (Lipinski definition) is 1. The highest BCUT2D eigenvalue weighted by molar-refractivity contribution is 5.68. The average Bonchev–Trinajstić information content (AvgIpc) is 2.85. The average molecular weight is 538 g/mol. The van der Waals surface area contributed by atoms with E-state index in [1.54, 1.807) is 12.4 Å². The minimum absolute atomic E-state index is 0.364. The third-order valence-electron chi connectivity index (χ3n) is 7.12. The molecule has 1 saturated heterocycles. The molecule has 1 atom stereocenters. The van der Waals surface area contributed by atoms with Crippen LogP contribution in [0.2, 0.25) is 0 Å². The second kappa shape index (κ2) is 10.7. The first-order chi connectivity index (χ1) is 17.8. The number of aliphatic hydroxyl groups is 1. The van der Waals surface area contributed by atoms with Gasteiger partial charge in [-0.3, -0.25) is 14.8 Å². The molecule has 0 amide bonds. The molecule has 1 aliphatic rings. The highest BCUT2D eigenvalue weighted by Crippen LogP contribution is 2.50. The fraction of sp³-hybridized carbons (Fsp3) is 0.393. The Hall–Kier alpha value is -2.95. The molecule has 2 aromatic carbocycles. The van der Waals surface area contributed by atoms with Crippen molar-refractivity contribution in [3.05, 3.63) is 89.2 Å². The van der Waals surface area contributed by atoms with Crippen LogP contribution in [0.15, 0.2) is 67.0 Å². The van der Waals surface area contributed by atoms with Crippen LogP contribution in [0.25, 0.3) is 11.1 Å². The number of hydrogen-bond acceptors (Lipinski definition) is 4. The van der Waals surface area contributed by atoms with Gasteiger partial charge < -0.3 is 5.11 Å². The Bertz CT molecular complexity index is 1210. The van der Waals surface area contributed by atoms with Crippen LogP contribution in [0.3, 0.4) is 0 Å². The van der Waals surface area contributed by atoms with Crippen molar-refractivity contribution < 1.29 is 31.4 Å². The van der Waals surface area contributed by atoms with Crippen LogP contribution in [0.4, 0.5) is 26.3 Å². The van der Waals surface area contributed by atoms with Gasteiger partial charge in [-0.2, -0.15) is 26.3 Å². The molecule has 10 heteroatoms. The van der Waals surface area contributed by atoms with Crippen molar-refractivity contribution in [2.45, 2.75) is 50.9 Å². The van der Waals surface area contributed by atoms with Crippen molar-refractivity contribution in [1.29, 1.82) is 0 Å². The van der Waals surface area contributed by atoms with E-state index in [0.717, 1.165) is 43.9 Å². The van der Waals surface area contributed by atoms with Gasteiger partial charge in [-0.1, -0.05) is 42.5 Å². The monoisotopic (exact) mass is 537 g/mol. The Morgan fingerprint density at radius 1 is 0.842 bits per heavy atom. The van der Waals surface area contributed by atoms with Gasteiger partial charge in [0.2, 0.25) is 0 Å². The molecular formula is C28H29F6N3O. The van der Waals surface area contributed by atoms with E-state index >= 15 is 0 Å². The summed E-state index contributed by atoms with van der Waals surface area (Å²) >= 11 is 0. The molecule has 4 nitrogen and oxygen atoms in total. The minimum atomic E-state index is -5.91. The predicted octanol–water partition coefficient (Wildman–Crippen LogP) is 6.08. The number of alkyl halides is 6. The molecule has 1 aliphatic heterocycles. The predicted molar refractivity (Wildman–Crippen MR) is 132 cm³/mol. The smallest absolute Gasteiger partial charge is 0.369 e. The molecule has 4 rings (SSSR count). The van der Waals surface area contributed by atoms with E-state index in [4.69, 9.17) is 0 Å². The first-order valence-corrected chi connectivity index (χ1v) is 12.2. The molecule has 1 fully saturated rings. The van der Waals surface area contributed by atoms with Gasteiger partial charge in [-0.05, 0) is 53.8 Å². The second-order valence-corrected chi connectivity index (χ2v) is 9.84. The van der Waals surface area contributed by atoms with E-state index in [1.807, 2.05) is 37.3 Å². The molecule has 38 heavy (non-hydrogen) atoms. The number of rotatable bonds is 6. The first kappa shape index (κ1) is 28.1. The topological polar surface area (TPSA) is 39.6 Å². The van der Waals surface area contributed by atoms with Gasteiger partial charge >= 0.3 is 12.4 Å². The minimum Gasteiger partial charge on any atom is -0.369 e.